The highest BCUT2D eigenvalue weighted by Gasteiger charge is 2.28. The highest BCUT2D eigenvalue weighted by atomic mass is 16.6. The maximum atomic E-state index is 12.9. The van der Waals surface area contributed by atoms with Crippen LogP contribution in [-0.4, -0.2) is 48.6 Å². The van der Waals surface area contributed by atoms with E-state index in [1.807, 2.05) is 49.3 Å². The van der Waals surface area contributed by atoms with Crippen LogP contribution in [0.2, 0.25) is 0 Å². The van der Waals surface area contributed by atoms with Crippen molar-refractivity contribution in [1.82, 2.24) is 9.88 Å². The second-order valence-corrected chi connectivity index (χ2v) is 6.38. The molecule has 2 rings (SSSR count). The van der Waals surface area contributed by atoms with Gasteiger partial charge in [0.15, 0.2) is 0 Å². The summed E-state index contributed by atoms with van der Waals surface area (Å²) in [7, 11) is 3.67. The van der Waals surface area contributed by atoms with Crippen LogP contribution in [0.4, 0.5) is 0 Å². The van der Waals surface area contributed by atoms with E-state index in [2.05, 4.69) is 4.98 Å². The predicted octanol–water partition coefficient (Wildman–Crippen LogP) is 2.79. The van der Waals surface area contributed by atoms with E-state index >= 15 is 0 Å². The van der Waals surface area contributed by atoms with E-state index in [1.165, 1.54) is 0 Å². The number of aromatic nitrogens is 1. The van der Waals surface area contributed by atoms with Crippen LogP contribution in [0, 0.1) is 0 Å². The average molecular weight is 370 g/mol. The third kappa shape index (κ3) is 6.49. The van der Waals surface area contributed by atoms with Gasteiger partial charge in [-0.2, -0.15) is 0 Å². The molecule has 0 unspecified atom stereocenters. The van der Waals surface area contributed by atoms with Gasteiger partial charge in [-0.05, 0) is 50.7 Å². The first-order valence-electron chi connectivity index (χ1n) is 8.97. The molecule has 2 aromatic rings. The highest BCUT2D eigenvalue weighted by Crippen LogP contribution is 2.23. The Bertz CT molecular complexity index is 719. The Labute approximate surface area is 160 Å². The van der Waals surface area contributed by atoms with E-state index in [0.29, 0.717) is 12.0 Å². The van der Waals surface area contributed by atoms with Crippen LogP contribution in [0.3, 0.4) is 0 Å². The van der Waals surface area contributed by atoms with Gasteiger partial charge in [-0.25, -0.2) is 0 Å². The zero-order chi connectivity index (χ0) is 19.6. The first-order chi connectivity index (χ1) is 13.0. The van der Waals surface area contributed by atoms with Crippen LogP contribution in [-0.2, 0) is 25.5 Å². The lowest BCUT2D eigenvalue weighted by molar-refractivity contribution is -0.159. The number of pyridine rings is 1. The largest absolute Gasteiger partial charge is 0.466 e. The molecule has 0 fully saturated rings. The Hall–Kier alpha value is -2.73. The molecular weight excluding hydrogens is 344 g/mol. The molecule has 0 saturated heterocycles. The molecule has 6 nitrogen and oxygen atoms in total. The van der Waals surface area contributed by atoms with E-state index < -0.39 is 18.1 Å². The molecule has 2 atom stereocenters. The molecule has 0 aliphatic heterocycles. The summed E-state index contributed by atoms with van der Waals surface area (Å²) in [5.74, 6) is -0.786. The maximum Gasteiger partial charge on any atom is 0.324 e. The van der Waals surface area contributed by atoms with Crippen LogP contribution < -0.4 is 0 Å². The van der Waals surface area contributed by atoms with Gasteiger partial charge < -0.3 is 9.47 Å². The third-order valence-corrected chi connectivity index (χ3v) is 4.16. The van der Waals surface area contributed by atoms with Crippen LogP contribution in [0.1, 0.15) is 30.6 Å². The molecule has 0 aliphatic carbocycles. The van der Waals surface area contributed by atoms with Gasteiger partial charge in [-0.3, -0.25) is 19.5 Å². The fourth-order valence-corrected chi connectivity index (χ4v) is 2.71. The quantitative estimate of drug-likeness (QED) is 0.632. The number of hydrogen-bond donors (Lipinski definition) is 0. The van der Waals surface area contributed by atoms with Crippen molar-refractivity contribution < 1.29 is 19.1 Å². The number of carbonyl (C=O) groups excluding carboxylic acids is 2. The third-order valence-electron chi connectivity index (χ3n) is 4.16. The second-order valence-electron chi connectivity index (χ2n) is 6.38. The number of ether oxygens (including phenoxy) is 2. The lowest BCUT2D eigenvalue weighted by Gasteiger charge is -2.26. The number of carbonyl (C=O) groups is 2. The van der Waals surface area contributed by atoms with Gasteiger partial charge in [-0.1, -0.05) is 30.3 Å². The number of esters is 2. The molecule has 0 N–H and O–H groups in total. The zero-order valence-electron chi connectivity index (χ0n) is 16.0. The molecule has 1 heterocycles. The number of hydrogen-bond acceptors (Lipinski definition) is 6. The van der Waals surface area contributed by atoms with Crippen LogP contribution in [0.5, 0.6) is 0 Å². The first kappa shape index (κ1) is 20.6. The number of nitrogens with zero attached hydrogens (tertiary/aromatic N) is 2. The average Bonchev–Trinajstić information content (AvgIpc) is 2.67. The smallest absolute Gasteiger partial charge is 0.324 e. The lowest BCUT2D eigenvalue weighted by Crippen LogP contribution is -2.39. The number of likely N-dealkylation sites (N-methyl/N-ethyl adjacent to an activating group) is 1. The Morgan fingerprint density at radius 2 is 1.74 bits per heavy atom. The normalized spacial score (nSPS) is 13.0. The molecular formula is C21H26N2O4. The van der Waals surface area contributed by atoms with Crippen molar-refractivity contribution in [2.45, 2.75) is 31.9 Å². The minimum Gasteiger partial charge on any atom is -0.466 e. The fourth-order valence-electron chi connectivity index (χ4n) is 2.71. The minimum atomic E-state index is -0.710. The van der Waals surface area contributed by atoms with Crippen molar-refractivity contribution in [1.29, 1.82) is 0 Å². The zero-order valence-corrected chi connectivity index (χ0v) is 16.0. The molecule has 1 aromatic heterocycles. The van der Waals surface area contributed by atoms with Gasteiger partial charge in [-0.15, -0.1) is 0 Å². The molecule has 0 radical (unpaired) electrons. The van der Waals surface area contributed by atoms with Gasteiger partial charge in [0.2, 0.25) is 0 Å². The van der Waals surface area contributed by atoms with Gasteiger partial charge in [0.25, 0.3) is 0 Å². The SMILES string of the molecule is CCOC(=O)C[C@@H](OC(=O)[C@H](Cc1ccccc1)N(C)C)c1ccncc1. The Balaban J connectivity index is 2.15. The Kier molecular flexibility index (Phi) is 7.95. The van der Waals surface area contributed by atoms with E-state index in [4.69, 9.17) is 9.47 Å². The molecule has 0 spiro atoms. The number of benzene rings is 1. The molecule has 144 valence electrons. The summed E-state index contributed by atoms with van der Waals surface area (Å²) in [5, 5.41) is 0. The van der Waals surface area contributed by atoms with Gasteiger partial charge in [0, 0.05) is 12.4 Å². The van der Waals surface area contributed by atoms with Crippen molar-refractivity contribution >= 4 is 11.9 Å². The molecule has 0 bridgehead atoms. The summed E-state index contributed by atoms with van der Waals surface area (Å²) in [5.41, 5.74) is 1.75. The van der Waals surface area contributed by atoms with Gasteiger partial charge in [0.05, 0.1) is 13.0 Å². The minimum absolute atomic E-state index is 0.0327. The van der Waals surface area contributed by atoms with E-state index in [-0.39, 0.29) is 19.0 Å². The predicted molar refractivity (Wildman–Crippen MR) is 102 cm³/mol. The van der Waals surface area contributed by atoms with Gasteiger partial charge in [0.1, 0.15) is 12.1 Å². The molecule has 1 aromatic carbocycles. The van der Waals surface area contributed by atoms with Gasteiger partial charge >= 0.3 is 11.9 Å². The van der Waals surface area contributed by atoms with Crippen molar-refractivity contribution in [3.8, 4) is 0 Å². The number of rotatable bonds is 9. The standard InChI is InChI=1S/C21H26N2O4/c1-4-26-20(24)15-19(17-10-12-22-13-11-17)27-21(25)18(23(2)3)14-16-8-6-5-7-9-16/h5-13,18-19H,4,14-15H2,1-3H3/t18-,19+/m0/s1. The molecule has 6 heteroatoms. The Morgan fingerprint density at radius 3 is 2.33 bits per heavy atom. The summed E-state index contributed by atoms with van der Waals surface area (Å²) >= 11 is 0. The fraction of sp³-hybridized carbons (Fsp3) is 0.381. The van der Waals surface area contributed by atoms with E-state index in [0.717, 1.165) is 5.56 Å². The maximum absolute atomic E-state index is 12.9. The molecule has 0 saturated carbocycles. The Morgan fingerprint density at radius 1 is 1.07 bits per heavy atom. The van der Waals surface area contributed by atoms with Crippen LogP contribution >= 0.6 is 0 Å². The van der Waals surface area contributed by atoms with E-state index in [1.54, 1.807) is 31.5 Å². The molecule has 0 amide bonds. The summed E-state index contributed by atoms with van der Waals surface area (Å²) in [6.07, 6.45) is 2.99. The van der Waals surface area contributed by atoms with Crippen LogP contribution in [0.25, 0.3) is 0 Å². The molecule has 27 heavy (non-hydrogen) atoms. The van der Waals surface area contributed by atoms with Crippen molar-refractivity contribution in [3.05, 3.63) is 66.0 Å². The highest BCUT2D eigenvalue weighted by molar-refractivity contribution is 5.77. The summed E-state index contributed by atoms with van der Waals surface area (Å²) < 4.78 is 10.8. The summed E-state index contributed by atoms with van der Waals surface area (Å²) in [6, 6.07) is 12.8. The second kappa shape index (κ2) is 10.4. The summed E-state index contributed by atoms with van der Waals surface area (Å²) in [4.78, 5) is 30.6. The lowest BCUT2D eigenvalue weighted by atomic mass is 10.0. The van der Waals surface area contributed by atoms with Crippen molar-refractivity contribution in [2.24, 2.45) is 0 Å². The van der Waals surface area contributed by atoms with Crippen molar-refractivity contribution in [3.63, 3.8) is 0 Å². The van der Waals surface area contributed by atoms with Crippen molar-refractivity contribution in [2.75, 3.05) is 20.7 Å². The monoisotopic (exact) mass is 370 g/mol. The first-order valence-corrected chi connectivity index (χ1v) is 8.97. The van der Waals surface area contributed by atoms with E-state index in [9.17, 15) is 9.59 Å². The topological polar surface area (TPSA) is 68.7 Å². The summed E-state index contributed by atoms with van der Waals surface area (Å²) in [6.45, 7) is 2.03. The molecule has 0 aliphatic rings. The van der Waals surface area contributed by atoms with Crippen LogP contribution in [0.15, 0.2) is 54.9 Å².